The number of aliphatic imine (C=N–C) groups is 2. The zero-order valence-corrected chi connectivity index (χ0v) is 22.3. The first kappa shape index (κ1) is 29.1. The van der Waals surface area contributed by atoms with Gasteiger partial charge in [-0.25, -0.2) is 4.99 Å². The molecule has 0 aromatic carbocycles. The molecule has 3 rings (SSSR count). The van der Waals surface area contributed by atoms with Crippen LogP contribution in [-0.2, 0) is 4.79 Å². The summed E-state index contributed by atoms with van der Waals surface area (Å²) in [6.07, 6.45) is 27.0. The van der Waals surface area contributed by atoms with E-state index in [2.05, 4.69) is 47.8 Å². The lowest BCUT2D eigenvalue weighted by atomic mass is 9.83. The van der Waals surface area contributed by atoms with E-state index in [-0.39, 0.29) is 5.38 Å². The molecule has 0 amide bonds. The van der Waals surface area contributed by atoms with Crippen molar-refractivity contribution in [1.82, 2.24) is 0 Å². The Bertz CT molecular complexity index is 1090. The Balaban J connectivity index is 0.00000106. The minimum atomic E-state index is -0.833. The van der Waals surface area contributed by atoms with Crippen LogP contribution in [0.25, 0.3) is 0 Å². The number of carbonyl (C=O) groups is 1. The monoisotopic (exact) mass is 507 g/mol. The van der Waals surface area contributed by atoms with Gasteiger partial charge >= 0.3 is 0 Å². The predicted molar refractivity (Wildman–Crippen MR) is 154 cm³/mol. The van der Waals surface area contributed by atoms with E-state index in [9.17, 15) is 0 Å². The third-order valence-electron chi connectivity index (χ3n) is 6.12. The molecule has 192 valence electrons. The molecule has 1 heterocycles. The fourth-order valence-electron chi connectivity index (χ4n) is 4.21. The number of amidine groups is 1. The second-order valence-electron chi connectivity index (χ2n) is 8.95. The molecule has 3 aliphatic rings. The summed E-state index contributed by atoms with van der Waals surface area (Å²) in [5.74, 6) is 0.244. The van der Waals surface area contributed by atoms with E-state index in [0.29, 0.717) is 24.0 Å². The van der Waals surface area contributed by atoms with Crippen LogP contribution in [0.5, 0.6) is 0 Å². The molecule has 3 N–H and O–H groups in total. The van der Waals surface area contributed by atoms with Gasteiger partial charge in [-0.1, -0.05) is 74.4 Å². The zero-order valence-electron chi connectivity index (χ0n) is 21.6. The van der Waals surface area contributed by atoms with Gasteiger partial charge in [0.05, 0.1) is 23.3 Å². The molecule has 5 nitrogen and oxygen atoms in total. The van der Waals surface area contributed by atoms with Gasteiger partial charge in [0, 0.05) is 6.92 Å². The molecule has 1 atom stereocenters. The maximum Gasteiger partial charge on any atom is 0.300 e. The highest BCUT2D eigenvalue weighted by Gasteiger charge is 2.15. The standard InChI is InChI=1S/C28H34ClN3.C2H4O2/c1-4-22(24-9-6-5-7-10-24)14-13-20(2)23-15-16-27(31-18-17-23)28(30)32-26-12-8-11-25(29)19-21(26)3;1-2(3)4/h4,8,11-17,19,24-25H,2,5-7,9-10,18H2,1,3H3,(H2,30,32);1H3,(H,3,4)/b14-13-,22-4+;. The van der Waals surface area contributed by atoms with Crippen molar-refractivity contribution in [2.75, 3.05) is 6.54 Å². The summed E-state index contributed by atoms with van der Waals surface area (Å²) in [6, 6.07) is 0. The summed E-state index contributed by atoms with van der Waals surface area (Å²) in [5.41, 5.74) is 12.2. The number of allylic oxidation sites excluding steroid dienone is 12. The summed E-state index contributed by atoms with van der Waals surface area (Å²) in [7, 11) is 0. The summed E-state index contributed by atoms with van der Waals surface area (Å²) >= 11 is 6.20. The molecule has 1 unspecified atom stereocenters. The van der Waals surface area contributed by atoms with Crippen LogP contribution in [0.3, 0.4) is 0 Å². The first-order chi connectivity index (χ1) is 17.2. The minimum Gasteiger partial charge on any atom is -0.481 e. The van der Waals surface area contributed by atoms with Gasteiger partial charge in [0.1, 0.15) is 5.84 Å². The molecular formula is C30H38ClN3O2. The number of hydrogen-bond donors (Lipinski definition) is 2. The molecule has 36 heavy (non-hydrogen) atoms. The van der Waals surface area contributed by atoms with Gasteiger partial charge in [-0.2, -0.15) is 0 Å². The number of nitrogens with two attached hydrogens (primary N) is 1. The molecule has 0 spiro atoms. The van der Waals surface area contributed by atoms with Gasteiger partial charge < -0.3 is 10.8 Å². The van der Waals surface area contributed by atoms with Crippen molar-refractivity contribution in [2.24, 2.45) is 21.6 Å². The van der Waals surface area contributed by atoms with E-state index >= 15 is 0 Å². The summed E-state index contributed by atoms with van der Waals surface area (Å²) in [5, 5.41) is 7.28. The van der Waals surface area contributed by atoms with E-state index < -0.39 is 5.97 Å². The molecule has 0 saturated heterocycles. The maximum absolute atomic E-state index is 9.00. The topological polar surface area (TPSA) is 88.0 Å². The Hall–Kier alpha value is -3.18. The van der Waals surface area contributed by atoms with Crippen molar-refractivity contribution in [1.29, 1.82) is 0 Å². The van der Waals surface area contributed by atoms with Crippen molar-refractivity contribution >= 4 is 29.1 Å². The highest BCUT2D eigenvalue weighted by Crippen LogP contribution is 2.30. The van der Waals surface area contributed by atoms with Gasteiger partial charge in [0.15, 0.2) is 0 Å². The number of carboxylic acid groups (broad SMARTS) is 1. The van der Waals surface area contributed by atoms with E-state index in [0.717, 1.165) is 29.3 Å². The average Bonchev–Trinajstić information content (AvgIpc) is 3.18. The Kier molecular flexibility index (Phi) is 12.1. The van der Waals surface area contributed by atoms with Crippen LogP contribution in [0.2, 0.25) is 0 Å². The van der Waals surface area contributed by atoms with Crippen LogP contribution in [0.15, 0.2) is 105 Å². The van der Waals surface area contributed by atoms with Crippen molar-refractivity contribution in [3.05, 3.63) is 95.3 Å². The van der Waals surface area contributed by atoms with E-state index in [1.807, 2.05) is 43.4 Å². The SMILES string of the molecule is C=C(/C=C\C(=C/C)C1CCCCC1)C1=CCN=C(C(N)=NC2=CC=CC(Cl)C=C2C)C=C1.CC(=O)O. The number of alkyl halides is 1. The Morgan fingerprint density at radius 3 is 2.61 bits per heavy atom. The molecular weight excluding hydrogens is 470 g/mol. The number of halogens is 1. The van der Waals surface area contributed by atoms with Crippen LogP contribution in [0, 0.1) is 5.92 Å². The van der Waals surface area contributed by atoms with Crippen LogP contribution in [-0.4, -0.2) is 34.5 Å². The van der Waals surface area contributed by atoms with Gasteiger partial charge in [0.2, 0.25) is 0 Å². The quantitative estimate of drug-likeness (QED) is 0.175. The van der Waals surface area contributed by atoms with Crippen LogP contribution >= 0.6 is 11.6 Å². The maximum atomic E-state index is 9.00. The molecule has 1 saturated carbocycles. The second kappa shape index (κ2) is 15.0. The number of hydrogen-bond acceptors (Lipinski definition) is 3. The van der Waals surface area contributed by atoms with Crippen molar-refractivity contribution in [3.8, 4) is 0 Å². The second-order valence-corrected chi connectivity index (χ2v) is 9.45. The van der Waals surface area contributed by atoms with E-state index in [1.165, 1.54) is 37.7 Å². The Labute approximate surface area is 220 Å². The number of aliphatic carboxylic acids is 1. The fraction of sp³-hybridized carbons (Fsp3) is 0.367. The predicted octanol–water partition coefficient (Wildman–Crippen LogP) is 7.02. The van der Waals surface area contributed by atoms with E-state index in [1.54, 1.807) is 0 Å². The average molecular weight is 508 g/mol. The molecule has 1 fully saturated rings. The Morgan fingerprint density at radius 2 is 1.94 bits per heavy atom. The van der Waals surface area contributed by atoms with E-state index in [4.69, 9.17) is 27.2 Å². The van der Waals surface area contributed by atoms with Crippen LogP contribution in [0.4, 0.5) is 0 Å². The van der Waals surface area contributed by atoms with Gasteiger partial charge in [-0.15, -0.1) is 11.6 Å². The van der Waals surface area contributed by atoms with Gasteiger partial charge in [-0.05, 0) is 67.1 Å². The molecule has 2 aliphatic carbocycles. The number of carboxylic acids is 1. The third kappa shape index (κ3) is 9.82. The smallest absolute Gasteiger partial charge is 0.300 e. The van der Waals surface area contributed by atoms with Crippen molar-refractivity contribution in [2.45, 2.75) is 58.3 Å². The first-order valence-electron chi connectivity index (χ1n) is 12.4. The normalized spacial score (nSPS) is 21.4. The first-order valence-corrected chi connectivity index (χ1v) is 12.9. The largest absolute Gasteiger partial charge is 0.481 e. The highest BCUT2D eigenvalue weighted by molar-refractivity contribution is 6.45. The molecule has 1 aliphatic heterocycles. The summed E-state index contributed by atoms with van der Waals surface area (Å²) < 4.78 is 0. The number of rotatable bonds is 6. The lowest BCUT2D eigenvalue weighted by Gasteiger charge is -2.22. The fourth-order valence-corrected chi connectivity index (χ4v) is 4.48. The molecule has 0 radical (unpaired) electrons. The Morgan fingerprint density at radius 1 is 1.25 bits per heavy atom. The molecule has 6 heteroatoms. The van der Waals surface area contributed by atoms with Gasteiger partial charge in [0.25, 0.3) is 5.97 Å². The molecule has 0 bridgehead atoms. The molecule has 0 aromatic heterocycles. The highest BCUT2D eigenvalue weighted by atomic mass is 35.5. The van der Waals surface area contributed by atoms with Crippen LogP contribution < -0.4 is 5.73 Å². The van der Waals surface area contributed by atoms with Crippen molar-refractivity contribution < 1.29 is 9.90 Å². The molecule has 0 aromatic rings. The van der Waals surface area contributed by atoms with Crippen LogP contribution in [0.1, 0.15) is 52.9 Å². The zero-order chi connectivity index (χ0) is 26.5. The summed E-state index contributed by atoms with van der Waals surface area (Å²) in [4.78, 5) is 18.2. The third-order valence-corrected chi connectivity index (χ3v) is 6.39. The summed E-state index contributed by atoms with van der Waals surface area (Å²) in [6.45, 7) is 10.0. The van der Waals surface area contributed by atoms with Crippen molar-refractivity contribution in [3.63, 3.8) is 0 Å². The van der Waals surface area contributed by atoms with Gasteiger partial charge in [-0.3, -0.25) is 9.79 Å². The minimum absolute atomic E-state index is 0.137. The lowest BCUT2D eigenvalue weighted by Crippen LogP contribution is -2.22. The number of nitrogens with zero attached hydrogens (tertiary/aromatic N) is 2. The lowest BCUT2D eigenvalue weighted by molar-refractivity contribution is -0.134.